The van der Waals surface area contributed by atoms with Gasteiger partial charge >= 0.3 is 0 Å². The van der Waals surface area contributed by atoms with Crippen LogP contribution >= 0.6 is 0 Å². The van der Waals surface area contributed by atoms with Crippen molar-refractivity contribution in [2.24, 2.45) is 5.14 Å². The van der Waals surface area contributed by atoms with Gasteiger partial charge in [-0.1, -0.05) is 0 Å². The molecule has 0 atom stereocenters. The maximum Gasteiger partial charge on any atom is 0.240 e. The van der Waals surface area contributed by atoms with E-state index >= 15 is 0 Å². The number of benzene rings is 1. The molecule has 0 aliphatic rings. The third-order valence-electron chi connectivity index (χ3n) is 1.81. The number of nitrogens with two attached hydrogens (primary N) is 1. The highest BCUT2D eigenvalue weighted by Gasteiger charge is 2.15. The molecular weight excluding hydrogens is 282 g/mol. The van der Waals surface area contributed by atoms with Crippen molar-refractivity contribution in [1.29, 1.82) is 0 Å². The van der Waals surface area contributed by atoms with Crippen molar-refractivity contribution < 1.29 is 21.6 Å². The van der Waals surface area contributed by atoms with Crippen molar-refractivity contribution in [3.05, 3.63) is 18.2 Å². The molecule has 8 nitrogen and oxygen atoms in total. The lowest BCUT2D eigenvalue weighted by molar-refractivity contribution is -0.105. The molecule has 0 spiro atoms. The van der Waals surface area contributed by atoms with Gasteiger partial charge in [0.2, 0.25) is 26.5 Å². The molecule has 0 radical (unpaired) electrons. The van der Waals surface area contributed by atoms with Crippen molar-refractivity contribution in [3.8, 4) is 0 Å². The zero-order chi connectivity index (χ0) is 14.0. The first kappa shape index (κ1) is 14.4. The first-order valence-electron chi connectivity index (χ1n) is 4.48. The summed E-state index contributed by atoms with van der Waals surface area (Å²) in [4.78, 5) is 9.92. The Hall–Kier alpha value is -1.65. The van der Waals surface area contributed by atoms with Crippen LogP contribution in [-0.4, -0.2) is 29.5 Å². The highest BCUT2D eigenvalue weighted by Crippen LogP contribution is 2.24. The van der Waals surface area contributed by atoms with E-state index in [1.54, 1.807) is 0 Å². The van der Waals surface area contributed by atoms with Crippen molar-refractivity contribution in [3.63, 3.8) is 0 Å². The van der Waals surface area contributed by atoms with Crippen LogP contribution in [0.3, 0.4) is 0 Å². The number of sulfonamides is 2. The van der Waals surface area contributed by atoms with Crippen LogP contribution in [0.5, 0.6) is 0 Å². The normalized spacial score (nSPS) is 11.9. The van der Waals surface area contributed by atoms with Gasteiger partial charge in [-0.05, 0) is 18.2 Å². The van der Waals surface area contributed by atoms with Crippen LogP contribution < -0.4 is 15.2 Å². The minimum atomic E-state index is -4.09. The van der Waals surface area contributed by atoms with Gasteiger partial charge in [0.15, 0.2) is 0 Å². The zero-order valence-corrected chi connectivity index (χ0v) is 10.9. The van der Waals surface area contributed by atoms with Crippen LogP contribution in [-0.2, 0) is 24.8 Å². The number of nitrogens with one attached hydrogen (secondary N) is 2. The van der Waals surface area contributed by atoms with Gasteiger partial charge in [0.25, 0.3) is 0 Å². The predicted molar refractivity (Wildman–Crippen MR) is 66.0 cm³/mol. The molecule has 0 fully saturated rings. The Labute approximate surface area is 104 Å². The van der Waals surface area contributed by atoms with Gasteiger partial charge in [-0.2, -0.15) is 0 Å². The molecule has 0 unspecified atom stereocenters. The second-order valence-corrected chi connectivity index (χ2v) is 6.67. The summed E-state index contributed by atoms with van der Waals surface area (Å²) in [6.45, 7) is 0. The molecule has 10 heteroatoms. The predicted octanol–water partition coefficient (Wildman–Crippen LogP) is -0.726. The molecule has 0 aliphatic carbocycles. The van der Waals surface area contributed by atoms with E-state index in [4.69, 9.17) is 5.14 Å². The van der Waals surface area contributed by atoms with E-state index in [0.717, 1.165) is 12.3 Å². The minimum absolute atomic E-state index is 0.0259. The molecular formula is C8H11N3O5S2. The lowest BCUT2D eigenvalue weighted by Gasteiger charge is -2.09. The number of anilines is 2. The topological polar surface area (TPSA) is 135 Å². The van der Waals surface area contributed by atoms with Crippen LogP contribution in [0.4, 0.5) is 11.4 Å². The van der Waals surface area contributed by atoms with E-state index in [1.807, 2.05) is 0 Å². The molecule has 1 amide bonds. The Morgan fingerprint density at radius 3 is 2.28 bits per heavy atom. The summed E-state index contributed by atoms with van der Waals surface area (Å²) >= 11 is 0. The van der Waals surface area contributed by atoms with E-state index in [2.05, 4.69) is 10.0 Å². The van der Waals surface area contributed by atoms with Crippen LogP contribution in [0, 0.1) is 0 Å². The van der Waals surface area contributed by atoms with Crippen LogP contribution in [0.25, 0.3) is 0 Å². The van der Waals surface area contributed by atoms with Crippen LogP contribution in [0.15, 0.2) is 23.1 Å². The molecule has 0 saturated carbocycles. The lowest BCUT2D eigenvalue weighted by Crippen LogP contribution is -2.16. The number of rotatable bonds is 5. The molecule has 0 heterocycles. The molecule has 1 aromatic rings. The van der Waals surface area contributed by atoms with Crippen molar-refractivity contribution in [2.75, 3.05) is 16.3 Å². The highest BCUT2D eigenvalue weighted by atomic mass is 32.2. The largest absolute Gasteiger partial charge is 0.328 e. The third-order valence-corrected chi connectivity index (χ3v) is 3.36. The number of hydrogen-bond donors (Lipinski definition) is 3. The van der Waals surface area contributed by atoms with E-state index < -0.39 is 20.0 Å². The Kier molecular flexibility index (Phi) is 3.94. The smallest absolute Gasteiger partial charge is 0.240 e. The minimum Gasteiger partial charge on any atom is -0.328 e. The fraction of sp³-hybridized carbons (Fsp3) is 0.125. The fourth-order valence-electron chi connectivity index (χ4n) is 1.22. The second kappa shape index (κ2) is 4.92. The van der Waals surface area contributed by atoms with Crippen molar-refractivity contribution >= 4 is 37.8 Å². The monoisotopic (exact) mass is 293 g/mol. The molecule has 1 aromatic carbocycles. The molecule has 4 N–H and O–H groups in total. The van der Waals surface area contributed by atoms with Gasteiger partial charge in [-0.15, -0.1) is 0 Å². The number of hydrogen-bond acceptors (Lipinski definition) is 5. The van der Waals surface area contributed by atoms with Gasteiger partial charge in [0.05, 0.1) is 11.9 Å². The molecule has 0 aliphatic heterocycles. The highest BCUT2D eigenvalue weighted by molar-refractivity contribution is 7.92. The number of carbonyl (C=O) groups excluding carboxylic acids is 1. The summed E-state index contributed by atoms with van der Waals surface area (Å²) in [5, 5.41) is 7.12. The number of carbonyl (C=O) groups is 1. The fourth-order valence-corrected chi connectivity index (χ4v) is 2.50. The Bertz CT molecular complexity index is 666. The molecule has 0 saturated heterocycles. The van der Waals surface area contributed by atoms with Crippen molar-refractivity contribution in [2.45, 2.75) is 4.90 Å². The van der Waals surface area contributed by atoms with E-state index in [-0.39, 0.29) is 22.7 Å². The number of amides is 1. The SMILES string of the molecule is CS(=O)(=O)Nc1ccc(NC=O)c(S(N)(=O)=O)c1. The van der Waals surface area contributed by atoms with E-state index in [0.29, 0.717) is 0 Å². The quantitative estimate of drug-likeness (QED) is 0.615. The Morgan fingerprint density at radius 2 is 1.83 bits per heavy atom. The Balaban J connectivity index is 3.35. The number of primary sulfonamides is 1. The first-order valence-corrected chi connectivity index (χ1v) is 7.92. The van der Waals surface area contributed by atoms with Crippen LogP contribution in [0.1, 0.15) is 0 Å². The summed E-state index contributed by atoms with van der Waals surface area (Å²) in [6, 6.07) is 3.53. The van der Waals surface area contributed by atoms with Gasteiger partial charge in [-0.3, -0.25) is 9.52 Å². The average molecular weight is 293 g/mol. The molecule has 18 heavy (non-hydrogen) atoms. The van der Waals surface area contributed by atoms with Gasteiger partial charge < -0.3 is 5.32 Å². The molecule has 0 aromatic heterocycles. The van der Waals surface area contributed by atoms with E-state index in [1.165, 1.54) is 12.1 Å². The lowest BCUT2D eigenvalue weighted by atomic mass is 10.3. The average Bonchev–Trinajstić information content (AvgIpc) is 2.16. The van der Waals surface area contributed by atoms with Crippen LogP contribution in [0.2, 0.25) is 0 Å². The summed E-state index contributed by atoms with van der Waals surface area (Å²) in [5.41, 5.74) is -0.00970. The summed E-state index contributed by atoms with van der Waals surface area (Å²) in [5.74, 6) is 0. The first-order chi connectivity index (χ1) is 8.13. The van der Waals surface area contributed by atoms with E-state index in [9.17, 15) is 21.6 Å². The molecule has 100 valence electrons. The summed E-state index contributed by atoms with van der Waals surface area (Å²) in [7, 11) is -7.63. The summed E-state index contributed by atoms with van der Waals surface area (Å²) < 4.78 is 46.7. The zero-order valence-electron chi connectivity index (χ0n) is 9.24. The molecule has 0 bridgehead atoms. The maximum absolute atomic E-state index is 11.3. The Morgan fingerprint density at radius 1 is 1.22 bits per heavy atom. The van der Waals surface area contributed by atoms with Gasteiger partial charge in [0, 0.05) is 5.69 Å². The van der Waals surface area contributed by atoms with Gasteiger partial charge in [0.1, 0.15) is 4.90 Å². The second-order valence-electron chi connectivity index (χ2n) is 3.39. The summed E-state index contributed by atoms with van der Waals surface area (Å²) in [6.07, 6.45) is 1.20. The van der Waals surface area contributed by atoms with Crippen molar-refractivity contribution in [1.82, 2.24) is 0 Å². The molecule has 1 rings (SSSR count). The third kappa shape index (κ3) is 3.98. The maximum atomic E-state index is 11.3. The standard InChI is InChI=1S/C8H11N3O5S2/c1-17(13,14)11-6-2-3-7(10-5-12)8(4-6)18(9,15)16/h2-5,11H,1H3,(H,10,12)(H2,9,15,16). The van der Waals surface area contributed by atoms with Gasteiger partial charge in [-0.25, -0.2) is 22.0 Å².